The molecule has 0 spiro atoms. The first-order chi connectivity index (χ1) is 6.65. The van der Waals surface area contributed by atoms with Gasteiger partial charge in [0.2, 0.25) is 0 Å². The molecule has 0 atom stereocenters. The highest BCUT2D eigenvalue weighted by atomic mass is 79.9. The number of nitrogens with zero attached hydrogens (tertiary/aromatic N) is 2. The largest absolute Gasteiger partial charge is 0.366 e. The van der Waals surface area contributed by atoms with Crippen molar-refractivity contribution in [3.05, 3.63) is 16.5 Å². The normalized spacial score (nSPS) is 25.6. The molecule has 0 saturated heterocycles. The fourth-order valence-electron chi connectivity index (χ4n) is 1.42. The fraction of sp³-hybridized carbons (Fsp3) is 0.556. The average molecular weight is 277 g/mol. The molecule has 0 radical (unpaired) electrons. The lowest BCUT2D eigenvalue weighted by atomic mass is 9.92. The molecular formula is C9H11BrClN3. The number of aromatic nitrogens is 2. The van der Waals surface area contributed by atoms with E-state index in [0.717, 1.165) is 29.0 Å². The lowest BCUT2D eigenvalue weighted by Crippen LogP contribution is -2.36. The van der Waals surface area contributed by atoms with E-state index in [-0.39, 0.29) is 0 Å². The van der Waals surface area contributed by atoms with Crippen LogP contribution in [0, 0.1) is 6.92 Å². The van der Waals surface area contributed by atoms with E-state index >= 15 is 0 Å². The lowest BCUT2D eigenvalue weighted by molar-refractivity contribution is 0.453. The van der Waals surface area contributed by atoms with Crippen molar-refractivity contribution in [1.29, 1.82) is 0 Å². The second-order valence-corrected chi connectivity index (χ2v) is 5.00. The van der Waals surface area contributed by atoms with Crippen molar-refractivity contribution < 1.29 is 0 Å². The number of anilines is 1. The molecule has 3 nitrogen and oxygen atoms in total. The number of hydrogen-bond donors (Lipinski definition) is 1. The Morgan fingerprint density at radius 2 is 2.29 bits per heavy atom. The second-order valence-electron chi connectivity index (χ2n) is 3.52. The van der Waals surface area contributed by atoms with Crippen LogP contribution in [0.15, 0.2) is 10.7 Å². The van der Waals surface area contributed by atoms with Crippen LogP contribution in [0.4, 0.5) is 5.82 Å². The highest BCUT2D eigenvalue weighted by Gasteiger charge is 2.27. The Morgan fingerprint density at radius 1 is 1.57 bits per heavy atom. The van der Waals surface area contributed by atoms with Crippen LogP contribution in [0.2, 0.25) is 0 Å². The zero-order chi connectivity index (χ0) is 10.1. The van der Waals surface area contributed by atoms with E-state index in [4.69, 9.17) is 11.6 Å². The van der Waals surface area contributed by atoms with Crippen molar-refractivity contribution in [1.82, 2.24) is 9.97 Å². The van der Waals surface area contributed by atoms with Gasteiger partial charge >= 0.3 is 0 Å². The molecule has 14 heavy (non-hydrogen) atoms. The van der Waals surface area contributed by atoms with Gasteiger partial charge in [0.1, 0.15) is 11.6 Å². The maximum absolute atomic E-state index is 5.90. The van der Waals surface area contributed by atoms with Crippen molar-refractivity contribution in [2.75, 3.05) is 5.32 Å². The molecule has 5 heteroatoms. The van der Waals surface area contributed by atoms with Crippen LogP contribution in [-0.4, -0.2) is 21.4 Å². The fourth-order valence-corrected chi connectivity index (χ4v) is 2.15. The molecule has 0 bridgehead atoms. The Morgan fingerprint density at radius 3 is 2.93 bits per heavy atom. The number of halogens is 2. The number of alkyl halides is 1. The molecule has 1 aromatic heterocycles. The second kappa shape index (κ2) is 4.03. The Bertz CT molecular complexity index is 339. The predicted molar refractivity (Wildman–Crippen MR) is 60.8 cm³/mol. The van der Waals surface area contributed by atoms with E-state index in [2.05, 4.69) is 31.2 Å². The Labute approximate surface area is 96.4 Å². The number of aryl methyl sites for hydroxylation is 1. The third kappa shape index (κ3) is 2.17. The van der Waals surface area contributed by atoms with Gasteiger partial charge in [-0.05, 0) is 35.7 Å². The number of nitrogens with one attached hydrogen (secondary N) is 1. The first-order valence-corrected chi connectivity index (χ1v) is 5.78. The quantitative estimate of drug-likeness (QED) is 0.844. The van der Waals surface area contributed by atoms with Crippen molar-refractivity contribution in [2.24, 2.45) is 0 Å². The van der Waals surface area contributed by atoms with Crippen LogP contribution in [-0.2, 0) is 0 Å². The van der Waals surface area contributed by atoms with Crippen LogP contribution < -0.4 is 5.32 Å². The van der Waals surface area contributed by atoms with Crippen LogP contribution in [0.1, 0.15) is 18.7 Å². The van der Waals surface area contributed by atoms with Crippen molar-refractivity contribution in [2.45, 2.75) is 31.2 Å². The number of rotatable bonds is 2. The molecule has 2 rings (SSSR count). The molecule has 1 aromatic rings. The molecule has 1 saturated carbocycles. The topological polar surface area (TPSA) is 37.8 Å². The van der Waals surface area contributed by atoms with Crippen molar-refractivity contribution >= 4 is 33.3 Å². The third-order valence-electron chi connectivity index (χ3n) is 2.29. The van der Waals surface area contributed by atoms with Gasteiger partial charge < -0.3 is 5.32 Å². The first-order valence-electron chi connectivity index (χ1n) is 4.55. The molecule has 1 aliphatic rings. The Hall–Kier alpha value is -0.350. The molecule has 76 valence electrons. The molecule has 0 aromatic carbocycles. The van der Waals surface area contributed by atoms with Gasteiger partial charge in [0.05, 0.1) is 4.47 Å². The molecular weight excluding hydrogens is 265 g/mol. The summed E-state index contributed by atoms with van der Waals surface area (Å²) in [5.41, 5.74) is 0. The van der Waals surface area contributed by atoms with E-state index in [0.29, 0.717) is 11.4 Å². The highest BCUT2D eigenvalue weighted by molar-refractivity contribution is 9.10. The summed E-state index contributed by atoms with van der Waals surface area (Å²) < 4.78 is 0.904. The minimum absolute atomic E-state index is 0.328. The van der Waals surface area contributed by atoms with Gasteiger partial charge in [-0.3, -0.25) is 0 Å². The Kier molecular flexibility index (Phi) is 2.93. The highest BCUT2D eigenvalue weighted by Crippen LogP contribution is 2.30. The molecule has 0 aliphatic heterocycles. The van der Waals surface area contributed by atoms with Gasteiger partial charge in [-0.1, -0.05) is 0 Å². The van der Waals surface area contributed by atoms with Crippen LogP contribution in [0.25, 0.3) is 0 Å². The van der Waals surface area contributed by atoms with E-state index in [1.807, 2.05) is 6.92 Å². The van der Waals surface area contributed by atoms with Gasteiger partial charge in [-0.25, -0.2) is 9.97 Å². The minimum Gasteiger partial charge on any atom is -0.366 e. The summed E-state index contributed by atoms with van der Waals surface area (Å²) in [6.45, 7) is 1.88. The Balaban J connectivity index is 2.05. The third-order valence-corrected chi connectivity index (χ3v) is 3.22. The van der Waals surface area contributed by atoms with Gasteiger partial charge in [0, 0.05) is 17.6 Å². The summed E-state index contributed by atoms with van der Waals surface area (Å²) in [6, 6.07) is 0.461. The molecule has 1 aliphatic carbocycles. The summed E-state index contributed by atoms with van der Waals surface area (Å²) >= 11 is 9.30. The summed E-state index contributed by atoms with van der Waals surface area (Å²) in [4.78, 5) is 8.39. The first kappa shape index (κ1) is 10.2. The predicted octanol–water partition coefficient (Wildman–Crippen LogP) is 2.73. The zero-order valence-electron chi connectivity index (χ0n) is 7.80. The SMILES string of the molecule is Cc1ncc(Br)c(NC2CC(Cl)C2)n1. The van der Waals surface area contributed by atoms with Crippen molar-refractivity contribution in [3.8, 4) is 0 Å². The van der Waals surface area contributed by atoms with Gasteiger partial charge in [0.15, 0.2) is 0 Å². The summed E-state index contributed by atoms with van der Waals surface area (Å²) in [5, 5.41) is 3.66. The van der Waals surface area contributed by atoms with Crippen LogP contribution >= 0.6 is 27.5 Å². The smallest absolute Gasteiger partial charge is 0.144 e. The molecule has 1 heterocycles. The maximum Gasteiger partial charge on any atom is 0.144 e. The standard InChI is InChI=1S/C9H11BrClN3/c1-5-12-4-8(10)9(13-5)14-7-2-6(11)3-7/h4,6-7H,2-3H2,1H3,(H,12,13,14). The van der Waals surface area contributed by atoms with E-state index in [1.165, 1.54) is 0 Å². The zero-order valence-corrected chi connectivity index (χ0v) is 10.1. The van der Waals surface area contributed by atoms with Crippen molar-refractivity contribution in [3.63, 3.8) is 0 Å². The summed E-state index contributed by atoms with van der Waals surface area (Å²) in [7, 11) is 0. The van der Waals surface area contributed by atoms with E-state index < -0.39 is 0 Å². The average Bonchev–Trinajstić information content (AvgIpc) is 2.09. The maximum atomic E-state index is 5.90. The number of hydrogen-bond acceptors (Lipinski definition) is 3. The van der Waals surface area contributed by atoms with E-state index in [9.17, 15) is 0 Å². The van der Waals surface area contributed by atoms with Crippen LogP contribution in [0.5, 0.6) is 0 Å². The molecule has 0 amide bonds. The minimum atomic E-state index is 0.328. The summed E-state index contributed by atoms with van der Waals surface area (Å²) in [6.07, 6.45) is 3.79. The van der Waals surface area contributed by atoms with Gasteiger partial charge in [-0.15, -0.1) is 11.6 Å². The van der Waals surface area contributed by atoms with Gasteiger partial charge in [0.25, 0.3) is 0 Å². The van der Waals surface area contributed by atoms with Crippen LogP contribution in [0.3, 0.4) is 0 Å². The summed E-state index contributed by atoms with van der Waals surface area (Å²) in [5.74, 6) is 1.64. The molecule has 1 fully saturated rings. The van der Waals surface area contributed by atoms with Gasteiger partial charge in [-0.2, -0.15) is 0 Å². The monoisotopic (exact) mass is 275 g/mol. The molecule has 1 N–H and O–H groups in total. The lowest BCUT2D eigenvalue weighted by Gasteiger charge is -2.32. The molecule has 0 unspecified atom stereocenters. The van der Waals surface area contributed by atoms with E-state index in [1.54, 1.807) is 6.20 Å².